The molecule has 2 fully saturated rings. The Hall–Kier alpha value is -1.86. The number of carbonyl (C=O) groups is 1. The van der Waals surface area contributed by atoms with Gasteiger partial charge in [-0.15, -0.1) is 0 Å². The lowest BCUT2D eigenvalue weighted by atomic mass is 10.1. The van der Waals surface area contributed by atoms with Crippen molar-refractivity contribution in [1.29, 1.82) is 0 Å². The third-order valence-electron chi connectivity index (χ3n) is 4.88. The van der Waals surface area contributed by atoms with Crippen LogP contribution in [0, 0.1) is 0 Å². The molecule has 3 heterocycles. The van der Waals surface area contributed by atoms with E-state index in [1.54, 1.807) is 0 Å². The molecule has 1 aromatic rings. The number of anilines is 1. The minimum absolute atomic E-state index is 0.0699. The second kappa shape index (κ2) is 7.81. The van der Waals surface area contributed by atoms with Crippen LogP contribution in [0.25, 0.3) is 0 Å². The van der Waals surface area contributed by atoms with Gasteiger partial charge in [-0.25, -0.2) is 9.78 Å². The first-order valence-corrected chi connectivity index (χ1v) is 8.89. The van der Waals surface area contributed by atoms with Crippen LogP contribution in [0.2, 0.25) is 0 Å². The summed E-state index contributed by atoms with van der Waals surface area (Å²) >= 11 is 0. The topological polar surface area (TPSA) is 81.3 Å². The lowest BCUT2D eigenvalue weighted by Crippen LogP contribution is -2.50. The molecule has 4 N–H and O–H groups in total. The Labute approximate surface area is 143 Å². The van der Waals surface area contributed by atoms with Gasteiger partial charge in [0.1, 0.15) is 5.82 Å². The first-order valence-electron chi connectivity index (χ1n) is 8.89. The van der Waals surface area contributed by atoms with Crippen molar-refractivity contribution in [1.82, 2.24) is 26.5 Å². The Morgan fingerprint density at radius 3 is 2.67 bits per heavy atom. The molecule has 2 aliphatic heterocycles. The van der Waals surface area contributed by atoms with Crippen LogP contribution in [0.15, 0.2) is 18.3 Å². The minimum atomic E-state index is -0.141. The normalized spacial score (nSPS) is 27.1. The van der Waals surface area contributed by atoms with E-state index in [2.05, 4.69) is 45.2 Å². The highest BCUT2D eigenvalue weighted by Gasteiger charge is 2.30. The van der Waals surface area contributed by atoms with Crippen molar-refractivity contribution in [3.05, 3.63) is 23.9 Å². The second-order valence-electron chi connectivity index (χ2n) is 6.75. The molecule has 2 saturated heterocycles. The van der Waals surface area contributed by atoms with E-state index in [-0.39, 0.29) is 24.2 Å². The van der Waals surface area contributed by atoms with Crippen molar-refractivity contribution in [2.75, 3.05) is 18.0 Å². The van der Waals surface area contributed by atoms with E-state index in [1.165, 1.54) is 19.3 Å². The van der Waals surface area contributed by atoms with E-state index in [4.69, 9.17) is 0 Å². The summed E-state index contributed by atoms with van der Waals surface area (Å²) in [5.74, 6) is 1.00. The molecule has 3 rings (SSSR count). The van der Waals surface area contributed by atoms with Gasteiger partial charge >= 0.3 is 6.03 Å². The van der Waals surface area contributed by atoms with E-state index >= 15 is 0 Å². The number of hydrogen-bond donors (Lipinski definition) is 4. The fourth-order valence-electron chi connectivity index (χ4n) is 3.46. The maximum absolute atomic E-state index is 12.2. The molecule has 0 radical (unpaired) electrons. The highest BCUT2D eigenvalue weighted by molar-refractivity contribution is 5.74. The van der Waals surface area contributed by atoms with Crippen LogP contribution in [0.1, 0.15) is 38.7 Å². The Kier molecular flexibility index (Phi) is 5.52. The van der Waals surface area contributed by atoms with Gasteiger partial charge in [0.25, 0.3) is 0 Å². The molecule has 7 nitrogen and oxygen atoms in total. The summed E-state index contributed by atoms with van der Waals surface area (Å²) in [6, 6.07) is 4.30. The third kappa shape index (κ3) is 3.96. The summed E-state index contributed by atoms with van der Waals surface area (Å²) in [5, 5.41) is 6.01. The summed E-state index contributed by atoms with van der Waals surface area (Å²) in [6.07, 6.45) is 5.54. The molecule has 0 saturated carbocycles. The second-order valence-corrected chi connectivity index (χ2v) is 6.75. The van der Waals surface area contributed by atoms with Crippen LogP contribution in [-0.2, 0) is 6.54 Å². The number of carbonyl (C=O) groups excluding carboxylic acids is 1. The minimum Gasteiger partial charge on any atom is -0.356 e. The molecule has 0 aliphatic carbocycles. The van der Waals surface area contributed by atoms with Gasteiger partial charge < -0.3 is 15.5 Å². The fourth-order valence-corrected chi connectivity index (χ4v) is 3.46. The highest BCUT2D eigenvalue weighted by atomic mass is 16.2. The molecule has 24 heavy (non-hydrogen) atoms. The van der Waals surface area contributed by atoms with Gasteiger partial charge in [0.2, 0.25) is 0 Å². The molecule has 2 atom stereocenters. The van der Waals surface area contributed by atoms with Gasteiger partial charge in [0.15, 0.2) is 0 Å². The molecule has 132 valence electrons. The first kappa shape index (κ1) is 17.0. The van der Waals surface area contributed by atoms with Crippen molar-refractivity contribution < 1.29 is 4.79 Å². The summed E-state index contributed by atoms with van der Waals surface area (Å²) in [5.41, 5.74) is 7.35. The molecule has 0 spiro atoms. The SMILES string of the molecule is CC1NNC(C)C1NC(=O)NCc1cccnc1N1CCCCC1. The van der Waals surface area contributed by atoms with E-state index in [9.17, 15) is 4.79 Å². The molecule has 2 aliphatic rings. The molecular formula is C17H28N6O. The van der Waals surface area contributed by atoms with Gasteiger partial charge in [-0.05, 0) is 39.2 Å². The zero-order valence-electron chi connectivity index (χ0n) is 14.5. The van der Waals surface area contributed by atoms with Crippen molar-refractivity contribution in [3.63, 3.8) is 0 Å². The smallest absolute Gasteiger partial charge is 0.315 e. The molecule has 2 amide bonds. The quantitative estimate of drug-likeness (QED) is 0.664. The number of urea groups is 1. The van der Waals surface area contributed by atoms with Crippen LogP contribution in [0.4, 0.5) is 10.6 Å². The van der Waals surface area contributed by atoms with Gasteiger partial charge in [0.05, 0.1) is 6.04 Å². The van der Waals surface area contributed by atoms with Crippen LogP contribution >= 0.6 is 0 Å². The zero-order valence-corrected chi connectivity index (χ0v) is 14.5. The van der Waals surface area contributed by atoms with Crippen LogP contribution in [-0.4, -0.2) is 42.2 Å². The summed E-state index contributed by atoms with van der Waals surface area (Å²) in [6.45, 7) is 6.69. The number of piperidine rings is 1. The molecule has 0 aromatic carbocycles. The lowest BCUT2D eigenvalue weighted by molar-refractivity contribution is 0.234. The molecule has 2 unspecified atom stereocenters. The van der Waals surface area contributed by atoms with Crippen molar-refractivity contribution in [2.45, 2.75) is 57.8 Å². The predicted octanol–water partition coefficient (Wildman–Crippen LogP) is 1.12. The number of hydrazine groups is 1. The van der Waals surface area contributed by atoms with E-state index in [1.807, 2.05) is 18.3 Å². The number of nitrogens with one attached hydrogen (secondary N) is 4. The number of nitrogens with zero attached hydrogens (tertiary/aromatic N) is 2. The largest absolute Gasteiger partial charge is 0.356 e. The number of aromatic nitrogens is 1. The Bertz CT molecular complexity index is 550. The number of amides is 2. The van der Waals surface area contributed by atoms with Gasteiger partial charge in [-0.2, -0.15) is 0 Å². The zero-order chi connectivity index (χ0) is 16.9. The maximum atomic E-state index is 12.2. The van der Waals surface area contributed by atoms with Crippen molar-refractivity contribution >= 4 is 11.8 Å². The van der Waals surface area contributed by atoms with E-state index < -0.39 is 0 Å². The number of rotatable bonds is 4. The Morgan fingerprint density at radius 2 is 1.96 bits per heavy atom. The average Bonchev–Trinajstić information content (AvgIpc) is 2.93. The Morgan fingerprint density at radius 1 is 1.25 bits per heavy atom. The average molecular weight is 332 g/mol. The molecule has 7 heteroatoms. The monoisotopic (exact) mass is 332 g/mol. The molecule has 1 aromatic heterocycles. The Balaban J connectivity index is 1.57. The van der Waals surface area contributed by atoms with Crippen LogP contribution < -0.4 is 26.4 Å². The summed E-state index contributed by atoms with van der Waals surface area (Å²) < 4.78 is 0. The van der Waals surface area contributed by atoms with Gasteiger partial charge in [-0.1, -0.05) is 6.07 Å². The van der Waals surface area contributed by atoms with E-state index in [0.29, 0.717) is 6.54 Å². The van der Waals surface area contributed by atoms with Crippen LogP contribution in [0.5, 0.6) is 0 Å². The molecular weight excluding hydrogens is 304 g/mol. The van der Waals surface area contributed by atoms with Crippen molar-refractivity contribution in [3.8, 4) is 0 Å². The summed E-state index contributed by atoms with van der Waals surface area (Å²) in [7, 11) is 0. The molecule has 0 bridgehead atoms. The van der Waals surface area contributed by atoms with E-state index in [0.717, 1.165) is 24.5 Å². The lowest BCUT2D eigenvalue weighted by Gasteiger charge is -2.29. The fraction of sp³-hybridized carbons (Fsp3) is 0.647. The number of pyridine rings is 1. The first-order chi connectivity index (χ1) is 11.6. The van der Waals surface area contributed by atoms with Crippen LogP contribution in [0.3, 0.4) is 0 Å². The van der Waals surface area contributed by atoms with Gasteiger partial charge in [0, 0.05) is 43.5 Å². The van der Waals surface area contributed by atoms with Gasteiger partial charge in [-0.3, -0.25) is 10.9 Å². The maximum Gasteiger partial charge on any atom is 0.315 e. The third-order valence-corrected chi connectivity index (χ3v) is 4.88. The summed E-state index contributed by atoms with van der Waals surface area (Å²) in [4.78, 5) is 19.1. The number of hydrogen-bond acceptors (Lipinski definition) is 5. The highest BCUT2D eigenvalue weighted by Crippen LogP contribution is 2.21. The predicted molar refractivity (Wildman–Crippen MR) is 94.7 cm³/mol. The van der Waals surface area contributed by atoms with Crippen molar-refractivity contribution in [2.24, 2.45) is 0 Å². The standard InChI is InChI=1S/C17H28N6O/c1-12-15(13(2)22-21-12)20-17(24)19-11-14-7-6-8-18-16(14)23-9-4-3-5-10-23/h6-8,12-13,15,21-22H,3-5,9-11H2,1-2H3,(H2,19,20,24).